The molecule has 0 N–H and O–H groups in total. The Morgan fingerprint density at radius 2 is 1.85 bits per heavy atom. The van der Waals surface area contributed by atoms with Crippen LogP contribution in [-0.4, -0.2) is 5.78 Å². The van der Waals surface area contributed by atoms with E-state index in [0.29, 0.717) is 18.1 Å². The Labute approximate surface area is 127 Å². The molecule has 0 bridgehead atoms. The second-order valence-electron chi connectivity index (χ2n) is 6.22. The Hall–Kier alpha value is -0.630. The normalized spacial score (nSPS) is 22.9. The zero-order chi connectivity index (χ0) is 14.4. The van der Waals surface area contributed by atoms with Gasteiger partial charge in [0.05, 0.1) is 0 Å². The highest BCUT2D eigenvalue weighted by atomic mass is 32.1. The van der Waals surface area contributed by atoms with Crippen molar-refractivity contribution in [2.45, 2.75) is 71.6 Å². The van der Waals surface area contributed by atoms with Crippen LogP contribution in [-0.2, 0) is 17.6 Å². The first-order valence-corrected chi connectivity index (χ1v) is 9.14. The van der Waals surface area contributed by atoms with Crippen LogP contribution in [0.5, 0.6) is 0 Å². The van der Waals surface area contributed by atoms with Crippen molar-refractivity contribution >= 4 is 17.1 Å². The first kappa shape index (κ1) is 15.8. The second kappa shape index (κ2) is 7.97. The standard InChI is InChI=1S/C18H28OS/c1-3-5-6-14-7-9-15(10-8-14)18(19)13-17-12-11-16(4-2)20-17/h11-12,14-15H,3-10,13H2,1-2H3. The van der Waals surface area contributed by atoms with Gasteiger partial charge in [0, 0.05) is 22.1 Å². The molecule has 1 aliphatic carbocycles. The number of ketones is 1. The topological polar surface area (TPSA) is 17.1 Å². The minimum Gasteiger partial charge on any atom is -0.299 e. The van der Waals surface area contributed by atoms with E-state index in [1.807, 2.05) is 11.3 Å². The van der Waals surface area contributed by atoms with Crippen LogP contribution >= 0.6 is 11.3 Å². The van der Waals surface area contributed by atoms with Crippen LogP contribution in [0.3, 0.4) is 0 Å². The fourth-order valence-electron chi connectivity index (χ4n) is 3.29. The maximum atomic E-state index is 12.4. The third-order valence-corrected chi connectivity index (χ3v) is 5.91. The predicted octanol–water partition coefficient (Wildman–Crippen LogP) is 5.42. The van der Waals surface area contributed by atoms with Gasteiger partial charge in [0.15, 0.2) is 0 Å². The van der Waals surface area contributed by atoms with Gasteiger partial charge in [0.1, 0.15) is 5.78 Å². The first-order valence-electron chi connectivity index (χ1n) is 8.33. The SMILES string of the molecule is CCCCC1CCC(C(=O)Cc2ccc(CC)s2)CC1. The number of hydrogen-bond acceptors (Lipinski definition) is 2. The number of Topliss-reactive ketones (excluding diaryl/α,β-unsaturated/α-hetero) is 1. The molecule has 1 fully saturated rings. The third kappa shape index (κ3) is 4.44. The molecule has 0 unspecified atom stereocenters. The quantitative estimate of drug-likeness (QED) is 0.656. The summed E-state index contributed by atoms with van der Waals surface area (Å²) in [6.07, 6.45) is 10.6. The van der Waals surface area contributed by atoms with Crippen molar-refractivity contribution in [1.29, 1.82) is 0 Å². The summed E-state index contributed by atoms with van der Waals surface area (Å²) in [5, 5.41) is 0. The smallest absolute Gasteiger partial charge is 0.141 e. The van der Waals surface area contributed by atoms with Crippen molar-refractivity contribution in [3.63, 3.8) is 0 Å². The lowest BCUT2D eigenvalue weighted by Crippen LogP contribution is -2.23. The van der Waals surface area contributed by atoms with Crippen molar-refractivity contribution in [3.05, 3.63) is 21.9 Å². The monoisotopic (exact) mass is 292 g/mol. The summed E-state index contributed by atoms with van der Waals surface area (Å²) in [4.78, 5) is 15.1. The number of unbranched alkanes of at least 4 members (excludes halogenated alkanes) is 1. The highest BCUT2D eigenvalue weighted by molar-refractivity contribution is 7.12. The third-order valence-electron chi connectivity index (χ3n) is 4.68. The van der Waals surface area contributed by atoms with E-state index in [2.05, 4.69) is 26.0 Å². The van der Waals surface area contributed by atoms with Crippen LogP contribution in [0.15, 0.2) is 12.1 Å². The van der Waals surface area contributed by atoms with Gasteiger partial charge in [-0.1, -0.05) is 33.1 Å². The minimum atomic E-state index is 0.347. The number of carbonyl (C=O) groups is 1. The van der Waals surface area contributed by atoms with Crippen LogP contribution in [0, 0.1) is 11.8 Å². The van der Waals surface area contributed by atoms with Crippen LogP contribution in [0.4, 0.5) is 0 Å². The second-order valence-corrected chi connectivity index (χ2v) is 7.48. The maximum Gasteiger partial charge on any atom is 0.141 e. The van der Waals surface area contributed by atoms with E-state index in [1.54, 1.807) is 0 Å². The predicted molar refractivity (Wildman–Crippen MR) is 87.4 cm³/mol. The molecule has 1 nitrogen and oxygen atoms in total. The molecule has 0 aromatic carbocycles. The molecular weight excluding hydrogens is 264 g/mol. The van der Waals surface area contributed by atoms with Crippen molar-refractivity contribution in [2.24, 2.45) is 11.8 Å². The van der Waals surface area contributed by atoms with Crippen molar-refractivity contribution in [3.8, 4) is 0 Å². The zero-order valence-corrected chi connectivity index (χ0v) is 13.8. The molecule has 1 aromatic rings. The highest BCUT2D eigenvalue weighted by Gasteiger charge is 2.26. The van der Waals surface area contributed by atoms with Gasteiger partial charge in [-0.15, -0.1) is 11.3 Å². The summed E-state index contributed by atoms with van der Waals surface area (Å²) in [6.45, 7) is 4.44. The Morgan fingerprint density at radius 3 is 2.45 bits per heavy atom. The summed E-state index contributed by atoms with van der Waals surface area (Å²) < 4.78 is 0. The molecule has 0 radical (unpaired) electrons. The van der Waals surface area contributed by atoms with E-state index < -0.39 is 0 Å². The summed E-state index contributed by atoms with van der Waals surface area (Å²) in [5.74, 6) is 1.73. The van der Waals surface area contributed by atoms with Crippen LogP contribution in [0.1, 0.15) is 68.5 Å². The number of thiophene rings is 1. The maximum absolute atomic E-state index is 12.4. The van der Waals surface area contributed by atoms with Gasteiger partial charge in [-0.05, 0) is 50.2 Å². The van der Waals surface area contributed by atoms with Crippen LogP contribution in [0.25, 0.3) is 0 Å². The molecule has 1 heterocycles. The fraction of sp³-hybridized carbons (Fsp3) is 0.722. The number of hydrogen-bond donors (Lipinski definition) is 0. The Kier molecular flexibility index (Phi) is 6.28. The molecule has 0 aliphatic heterocycles. The molecular formula is C18H28OS. The number of aryl methyl sites for hydroxylation is 1. The molecule has 0 spiro atoms. The van der Waals surface area contributed by atoms with E-state index in [9.17, 15) is 4.79 Å². The zero-order valence-electron chi connectivity index (χ0n) is 13.0. The molecule has 112 valence electrons. The fourth-order valence-corrected chi connectivity index (χ4v) is 4.26. The van der Waals surface area contributed by atoms with Gasteiger partial charge >= 0.3 is 0 Å². The summed E-state index contributed by atoms with van der Waals surface area (Å²) in [7, 11) is 0. The average molecular weight is 292 g/mol. The van der Waals surface area contributed by atoms with Gasteiger partial charge < -0.3 is 0 Å². The Bertz CT molecular complexity index is 413. The van der Waals surface area contributed by atoms with E-state index in [-0.39, 0.29) is 0 Å². The Balaban J connectivity index is 1.76. The summed E-state index contributed by atoms with van der Waals surface area (Å²) in [6, 6.07) is 4.32. The largest absolute Gasteiger partial charge is 0.299 e. The highest BCUT2D eigenvalue weighted by Crippen LogP contribution is 2.33. The van der Waals surface area contributed by atoms with Crippen molar-refractivity contribution < 1.29 is 4.79 Å². The van der Waals surface area contributed by atoms with Gasteiger partial charge in [-0.3, -0.25) is 4.79 Å². The summed E-state index contributed by atoms with van der Waals surface area (Å²) >= 11 is 1.82. The van der Waals surface area contributed by atoms with E-state index in [1.165, 1.54) is 41.9 Å². The lowest BCUT2D eigenvalue weighted by Gasteiger charge is -2.27. The lowest BCUT2D eigenvalue weighted by molar-refractivity contribution is -0.123. The van der Waals surface area contributed by atoms with Gasteiger partial charge in [0.25, 0.3) is 0 Å². The molecule has 2 heteroatoms. The molecule has 1 aromatic heterocycles. The molecule has 0 amide bonds. The first-order chi connectivity index (χ1) is 9.72. The van der Waals surface area contributed by atoms with Crippen molar-refractivity contribution in [1.82, 2.24) is 0 Å². The van der Waals surface area contributed by atoms with Gasteiger partial charge in [-0.25, -0.2) is 0 Å². The number of carbonyl (C=O) groups excluding carboxylic acids is 1. The number of rotatable bonds is 7. The Morgan fingerprint density at radius 1 is 1.15 bits per heavy atom. The minimum absolute atomic E-state index is 0.347. The van der Waals surface area contributed by atoms with E-state index >= 15 is 0 Å². The molecule has 0 saturated heterocycles. The van der Waals surface area contributed by atoms with Crippen molar-refractivity contribution in [2.75, 3.05) is 0 Å². The molecule has 1 aliphatic rings. The van der Waals surface area contributed by atoms with Crippen LogP contribution < -0.4 is 0 Å². The molecule has 1 saturated carbocycles. The molecule has 2 rings (SSSR count). The van der Waals surface area contributed by atoms with Gasteiger partial charge in [-0.2, -0.15) is 0 Å². The van der Waals surface area contributed by atoms with E-state index in [4.69, 9.17) is 0 Å². The molecule has 0 atom stereocenters. The summed E-state index contributed by atoms with van der Waals surface area (Å²) in [5.41, 5.74) is 0. The van der Waals surface area contributed by atoms with E-state index in [0.717, 1.165) is 25.2 Å². The average Bonchev–Trinajstić information content (AvgIpc) is 2.93. The van der Waals surface area contributed by atoms with Crippen LogP contribution in [0.2, 0.25) is 0 Å². The molecule has 20 heavy (non-hydrogen) atoms. The lowest BCUT2D eigenvalue weighted by atomic mass is 9.77. The van der Waals surface area contributed by atoms with Gasteiger partial charge in [0.2, 0.25) is 0 Å².